The molecule has 9 aromatic rings. The number of fused-ring (bicyclic) bond motifs is 12. The van der Waals surface area contributed by atoms with Crippen molar-refractivity contribution in [3.8, 4) is 22.3 Å². The molecule has 54 heavy (non-hydrogen) atoms. The lowest BCUT2D eigenvalue weighted by atomic mass is 9.43. The molecular weight excluding hydrogens is 679 g/mol. The Morgan fingerprint density at radius 1 is 0.537 bits per heavy atom. The van der Waals surface area contributed by atoms with Gasteiger partial charge in [-0.15, -0.1) is 0 Å². The molecule has 0 saturated carbocycles. The molecule has 0 amide bonds. The second-order valence-electron chi connectivity index (χ2n) is 15.7. The first-order valence-corrected chi connectivity index (χ1v) is 19.4. The highest BCUT2D eigenvalue weighted by molar-refractivity contribution is 7.99. The van der Waals surface area contributed by atoms with Gasteiger partial charge in [-0.05, 0) is 76.1 Å². The van der Waals surface area contributed by atoms with Crippen LogP contribution in [0, 0.1) is 0 Å². The van der Waals surface area contributed by atoms with E-state index < -0.39 is 0 Å². The molecule has 0 spiro atoms. The standard InChI is InChI=1S/C48H33BN2O2S/c1-48(2,3)29-24-25-35(33(26-29)28-14-5-4-6-15-28)50-46-42-31-16-7-10-20-37(31)52-39(42)27-34-30-18-13-23-41-45(30)51(36-19-9-12-22-40(36)54-41)49(43(34)46)44-32-17-8-11-21-38(32)53-47(44)50/h4-27H,1-3H3. The van der Waals surface area contributed by atoms with Crippen LogP contribution in [0.15, 0.2) is 164 Å². The number of furan rings is 2. The Balaban J connectivity index is 1.30. The third-order valence-electron chi connectivity index (χ3n) is 11.6. The molecule has 3 aliphatic rings. The summed E-state index contributed by atoms with van der Waals surface area (Å²) in [6, 6.07) is 52.8. The Kier molecular flexibility index (Phi) is 6.04. The number of benzene rings is 7. The van der Waals surface area contributed by atoms with Gasteiger partial charge in [0.1, 0.15) is 16.7 Å². The van der Waals surface area contributed by atoms with E-state index in [1.54, 1.807) is 0 Å². The predicted octanol–water partition coefficient (Wildman–Crippen LogP) is 12.5. The molecule has 7 aromatic carbocycles. The number of rotatable bonds is 2. The van der Waals surface area contributed by atoms with Crippen LogP contribution in [0.3, 0.4) is 0 Å². The molecule has 0 atom stereocenters. The maximum atomic E-state index is 7.22. The molecule has 12 rings (SSSR count). The summed E-state index contributed by atoms with van der Waals surface area (Å²) < 4.78 is 14.0. The normalized spacial score (nSPS) is 14.0. The molecule has 0 unspecified atom stereocenters. The summed E-state index contributed by atoms with van der Waals surface area (Å²) in [5.74, 6) is 0.842. The average molecular weight is 713 g/mol. The van der Waals surface area contributed by atoms with Crippen molar-refractivity contribution in [2.24, 2.45) is 0 Å². The van der Waals surface area contributed by atoms with Gasteiger partial charge in [0.15, 0.2) is 0 Å². The molecule has 2 aromatic heterocycles. The van der Waals surface area contributed by atoms with Gasteiger partial charge >= 0.3 is 6.85 Å². The average Bonchev–Trinajstić information content (AvgIpc) is 3.77. The molecule has 5 heterocycles. The van der Waals surface area contributed by atoms with E-state index in [2.05, 4.69) is 176 Å². The molecule has 4 nitrogen and oxygen atoms in total. The summed E-state index contributed by atoms with van der Waals surface area (Å²) >= 11 is 1.85. The van der Waals surface area contributed by atoms with Crippen molar-refractivity contribution in [1.29, 1.82) is 0 Å². The fourth-order valence-corrected chi connectivity index (χ4v) is 10.3. The number of nitrogens with zero attached hydrogens (tertiary/aromatic N) is 2. The molecule has 3 aliphatic heterocycles. The van der Waals surface area contributed by atoms with E-state index >= 15 is 0 Å². The Hall–Kier alpha value is -6.11. The summed E-state index contributed by atoms with van der Waals surface area (Å²) in [4.78, 5) is 7.55. The summed E-state index contributed by atoms with van der Waals surface area (Å²) in [6.07, 6.45) is 0. The van der Waals surface area contributed by atoms with Crippen LogP contribution in [-0.4, -0.2) is 6.85 Å². The Labute approximate surface area is 317 Å². The zero-order valence-electron chi connectivity index (χ0n) is 30.1. The van der Waals surface area contributed by atoms with E-state index in [0.717, 1.165) is 61.3 Å². The predicted molar refractivity (Wildman–Crippen MR) is 225 cm³/mol. The summed E-state index contributed by atoms with van der Waals surface area (Å²) in [7, 11) is 0. The topological polar surface area (TPSA) is 32.8 Å². The van der Waals surface area contributed by atoms with Gasteiger partial charge in [-0.3, -0.25) is 4.90 Å². The largest absolute Gasteiger partial charge is 0.456 e. The molecule has 0 fully saturated rings. The Morgan fingerprint density at radius 2 is 1.26 bits per heavy atom. The highest BCUT2D eigenvalue weighted by Gasteiger charge is 2.51. The second-order valence-corrected chi connectivity index (χ2v) is 16.7. The zero-order chi connectivity index (χ0) is 35.9. The minimum Gasteiger partial charge on any atom is -0.456 e. The quantitative estimate of drug-likeness (QED) is 0.167. The van der Waals surface area contributed by atoms with E-state index in [1.165, 1.54) is 48.8 Å². The van der Waals surface area contributed by atoms with Gasteiger partial charge in [0, 0.05) is 42.8 Å². The van der Waals surface area contributed by atoms with Crippen molar-refractivity contribution in [2.45, 2.75) is 36.0 Å². The van der Waals surface area contributed by atoms with Crippen LogP contribution in [0.1, 0.15) is 26.3 Å². The van der Waals surface area contributed by atoms with E-state index in [-0.39, 0.29) is 12.3 Å². The van der Waals surface area contributed by atoms with Gasteiger partial charge in [-0.1, -0.05) is 130 Å². The summed E-state index contributed by atoms with van der Waals surface area (Å²) in [5, 5.41) is 3.31. The van der Waals surface area contributed by atoms with E-state index in [1.807, 2.05) is 11.8 Å². The van der Waals surface area contributed by atoms with Gasteiger partial charge in [-0.25, -0.2) is 0 Å². The van der Waals surface area contributed by atoms with Crippen molar-refractivity contribution in [3.05, 3.63) is 151 Å². The number of hydrogen-bond donors (Lipinski definition) is 0. The van der Waals surface area contributed by atoms with Gasteiger partial charge in [-0.2, -0.15) is 0 Å². The van der Waals surface area contributed by atoms with Crippen LogP contribution in [-0.2, 0) is 5.41 Å². The summed E-state index contributed by atoms with van der Waals surface area (Å²) in [6.45, 7) is 6.70. The fraction of sp³-hybridized carbons (Fsp3) is 0.0833. The lowest BCUT2D eigenvalue weighted by molar-refractivity contribution is 0.590. The van der Waals surface area contributed by atoms with E-state index in [4.69, 9.17) is 8.83 Å². The second kappa shape index (κ2) is 10.7. The minimum atomic E-state index is -0.160. The van der Waals surface area contributed by atoms with Crippen molar-refractivity contribution < 1.29 is 8.83 Å². The maximum absolute atomic E-state index is 7.22. The minimum absolute atomic E-state index is 0.0411. The van der Waals surface area contributed by atoms with Crippen LogP contribution < -0.4 is 20.6 Å². The Morgan fingerprint density at radius 3 is 2.09 bits per heavy atom. The molecule has 0 aliphatic carbocycles. The van der Waals surface area contributed by atoms with Crippen LogP contribution in [0.2, 0.25) is 0 Å². The smallest absolute Gasteiger partial charge is 0.337 e. The summed E-state index contributed by atoms with van der Waals surface area (Å²) in [5.41, 5.74) is 15.7. The highest BCUT2D eigenvalue weighted by Crippen LogP contribution is 2.58. The van der Waals surface area contributed by atoms with Crippen molar-refractivity contribution in [1.82, 2.24) is 0 Å². The molecule has 0 bridgehead atoms. The van der Waals surface area contributed by atoms with Gasteiger partial charge in [0.05, 0.1) is 22.4 Å². The van der Waals surface area contributed by atoms with E-state index in [9.17, 15) is 0 Å². The van der Waals surface area contributed by atoms with Crippen molar-refractivity contribution in [3.63, 3.8) is 0 Å². The number of hydrogen-bond acceptors (Lipinski definition) is 5. The molecular formula is C48H33BN2O2S. The first-order valence-electron chi connectivity index (χ1n) is 18.6. The third-order valence-corrected chi connectivity index (χ3v) is 12.7. The Bertz CT molecular complexity index is 3050. The van der Waals surface area contributed by atoms with Crippen LogP contribution in [0.4, 0.5) is 28.6 Å². The maximum Gasteiger partial charge on any atom is 0.337 e. The van der Waals surface area contributed by atoms with Gasteiger partial charge in [0.2, 0.25) is 5.88 Å². The molecule has 6 heteroatoms. The number of para-hydroxylation sites is 4. The molecule has 0 radical (unpaired) electrons. The fourth-order valence-electron chi connectivity index (χ4n) is 9.20. The number of anilines is 5. The van der Waals surface area contributed by atoms with Crippen LogP contribution in [0.5, 0.6) is 0 Å². The van der Waals surface area contributed by atoms with Crippen molar-refractivity contribution in [2.75, 3.05) is 9.71 Å². The van der Waals surface area contributed by atoms with Gasteiger partial charge in [0.25, 0.3) is 0 Å². The highest BCUT2D eigenvalue weighted by atomic mass is 32.2. The van der Waals surface area contributed by atoms with Gasteiger partial charge < -0.3 is 13.6 Å². The molecule has 256 valence electrons. The monoisotopic (exact) mass is 712 g/mol. The molecule has 0 N–H and O–H groups in total. The molecule has 0 saturated heterocycles. The lowest BCUT2D eigenvalue weighted by Crippen LogP contribution is -2.61. The third kappa shape index (κ3) is 4.01. The van der Waals surface area contributed by atoms with Crippen LogP contribution in [0.25, 0.3) is 55.2 Å². The lowest BCUT2D eigenvalue weighted by Gasteiger charge is -2.46. The van der Waals surface area contributed by atoms with Crippen molar-refractivity contribution >= 4 is 91.1 Å². The van der Waals surface area contributed by atoms with E-state index in [0.29, 0.717) is 0 Å². The zero-order valence-corrected chi connectivity index (χ0v) is 30.9. The SMILES string of the molecule is CC(C)(C)c1ccc(N2c3oc4ccccc4c3B3c4c(cc5oc6ccccc6c5c42)-c2cccc4c2N3c2ccccc2S4)c(-c2ccccc2)c1. The first-order chi connectivity index (χ1) is 26.4. The van der Waals surface area contributed by atoms with Crippen LogP contribution >= 0.6 is 11.8 Å². The first kappa shape index (κ1) is 30.4.